The first-order valence-corrected chi connectivity index (χ1v) is 6.71. The standard InChI is InChI=1S/C17H21NO/c1-12(2)14-8-4-6-10-16(14)19-17-11-7-5-9-15(17)13(3)18/h4-13H,18H2,1-3H3/t13-/m1/s1. The Balaban J connectivity index is 2.37. The van der Waals surface area contributed by atoms with Gasteiger partial charge in [-0.15, -0.1) is 0 Å². The predicted octanol–water partition coefficient (Wildman–Crippen LogP) is 4.62. The second-order valence-electron chi connectivity index (χ2n) is 5.12. The van der Waals surface area contributed by atoms with Gasteiger partial charge in [-0.25, -0.2) is 0 Å². The molecule has 2 nitrogen and oxygen atoms in total. The molecular formula is C17H21NO. The van der Waals surface area contributed by atoms with Crippen LogP contribution in [0.3, 0.4) is 0 Å². The summed E-state index contributed by atoms with van der Waals surface area (Å²) in [7, 11) is 0. The molecule has 0 bridgehead atoms. The van der Waals surface area contributed by atoms with Gasteiger partial charge in [0.1, 0.15) is 11.5 Å². The topological polar surface area (TPSA) is 35.2 Å². The highest BCUT2D eigenvalue weighted by atomic mass is 16.5. The number of benzene rings is 2. The van der Waals surface area contributed by atoms with E-state index < -0.39 is 0 Å². The first-order chi connectivity index (χ1) is 9.09. The van der Waals surface area contributed by atoms with Crippen molar-refractivity contribution in [3.63, 3.8) is 0 Å². The molecule has 0 amide bonds. The maximum atomic E-state index is 6.08. The lowest BCUT2D eigenvalue weighted by Crippen LogP contribution is -2.06. The molecule has 0 heterocycles. The summed E-state index contributed by atoms with van der Waals surface area (Å²) in [4.78, 5) is 0. The number of nitrogens with two attached hydrogens (primary N) is 1. The Bertz CT molecular complexity index is 497. The van der Waals surface area contributed by atoms with Crippen LogP contribution in [0.1, 0.15) is 43.9 Å². The molecule has 0 aromatic heterocycles. The van der Waals surface area contributed by atoms with Crippen LogP contribution >= 0.6 is 0 Å². The summed E-state index contributed by atoms with van der Waals surface area (Å²) in [6.07, 6.45) is 0. The van der Waals surface area contributed by atoms with Crippen LogP contribution in [-0.2, 0) is 0 Å². The van der Waals surface area contributed by atoms with Crippen LogP contribution in [0, 0.1) is 0 Å². The third-order valence-corrected chi connectivity index (χ3v) is 3.17. The molecular weight excluding hydrogens is 234 g/mol. The number of para-hydroxylation sites is 2. The monoisotopic (exact) mass is 255 g/mol. The summed E-state index contributed by atoms with van der Waals surface area (Å²) in [6, 6.07) is 16.0. The molecule has 2 rings (SSSR count). The van der Waals surface area contributed by atoms with Crippen LogP contribution in [0.2, 0.25) is 0 Å². The Hall–Kier alpha value is -1.80. The molecule has 0 saturated heterocycles. The van der Waals surface area contributed by atoms with Gasteiger partial charge in [-0.2, -0.15) is 0 Å². The summed E-state index contributed by atoms with van der Waals surface area (Å²) in [5.41, 5.74) is 8.22. The number of rotatable bonds is 4. The second kappa shape index (κ2) is 5.89. The highest BCUT2D eigenvalue weighted by Gasteiger charge is 2.11. The highest BCUT2D eigenvalue weighted by Crippen LogP contribution is 2.33. The lowest BCUT2D eigenvalue weighted by Gasteiger charge is -2.17. The first kappa shape index (κ1) is 13.6. The van der Waals surface area contributed by atoms with Crippen molar-refractivity contribution in [3.8, 4) is 11.5 Å². The van der Waals surface area contributed by atoms with E-state index >= 15 is 0 Å². The molecule has 0 saturated carbocycles. The molecule has 1 atom stereocenters. The van der Waals surface area contributed by atoms with Crippen LogP contribution in [0.25, 0.3) is 0 Å². The van der Waals surface area contributed by atoms with Gasteiger partial charge in [-0.05, 0) is 30.5 Å². The molecule has 0 radical (unpaired) electrons. The molecule has 19 heavy (non-hydrogen) atoms. The molecule has 100 valence electrons. The smallest absolute Gasteiger partial charge is 0.132 e. The van der Waals surface area contributed by atoms with E-state index in [1.54, 1.807) is 0 Å². The van der Waals surface area contributed by atoms with E-state index in [0.29, 0.717) is 5.92 Å². The van der Waals surface area contributed by atoms with E-state index in [-0.39, 0.29) is 6.04 Å². The average molecular weight is 255 g/mol. The molecule has 0 spiro atoms. The Labute approximate surface area is 115 Å². The summed E-state index contributed by atoms with van der Waals surface area (Å²) >= 11 is 0. The van der Waals surface area contributed by atoms with Crippen LogP contribution in [0.5, 0.6) is 11.5 Å². The molecule has 2 heteroatoms. The van der Waals surface area contributed by atoms with Crippen LogP contribution in [0.4, 0.5) is 0 Å². The minimum atomic E-state index is -0.0394. The zero-order chi connectivity index (χ0) is 13.8. The molecule has 0 aliphatic carbocycles. The van der Waals surface area contributed by atoms with Gasteiger partial charge in [0.25, 0.3) is 0 Å². The fraction of sp³-hybridized carbons (Fsp3) is 0.294. The summed E-state index contributed by atoms with van der Waals surface area (Å²) in [5, 5.41) is 0. The van der Waals surface area contributed by atoms with Crippen molar-refractivity contribution < 1.29 is 4.74 Å². The zero-order valence-corrected chi connectivity index (χ0v) is 11.8. The number of hydrogen-bond donors (Lipinski definition) is 1. The summed E-state index contributed by atoms with van der Waals surface area (Å²) in [6.45, 7) is 6.30. The molecule has 0 unspecified atom stereocenters. The van der Waals surface area contributed by atoms with Crippen molar-refractivity contribution in [2.45, 2.75) is 32.7 Å². The van der Waals surface area contributed by atoms with Gasteiger partial charge < -0.3 is 10.5 Å². The van der Waals surface area contributed by atoms with Crippen molar-refractivity contribution in [1.29, 1.82) is 0 Å². The predicted molar refractivity (Wildman–Crippen MR) is 79.6 cm³/mol. The quantitative estimate of drug-likeness (QED) is 0.865. The van der Waals surface area contributed by atoms with Gasteiger partial charge >= 0.3 is 0 Å². The van der Waals surface area contributed by atoms with Gasteiger partial charge in [0.05, 0.1) is 0 Å². The van der Waals surface area contributed by atoms with Crippen molar-refractivity contribution in [2.24, 2.45) is 5.73 Å². The van der Waals surface area contributed by atoms with E-state index in [1.807, 2.05) is 49.4 Å². The van der Waals surface area contributed by atoms with E-state index in [1.165, 1.54) is 5.56 Å². The van der Waals surface area contributed by atoms with Gasteiger partial charge in [0.15, 0.2) is 0 Å². The largest absolute Gasteiger partial charge is 0.457 e. The second-order valence-corrected chi connectivity index (χ2v) is 5.12. The number of hydrogen-bond acceptors (Lipinski definition) is 2. The fourth-order valence-electron chi connectivity index (χ4n) is 2.12. The maximum absolute atomic E-state index is 6.08. The van der Waals surface area contributed by atoms with Crippen LogP contribution < -0.4 is 10.5 Å². The third kappa shape index (κ3) is 3.15. The zero-order valence-electron chi connectivity index (χ0n) is 11.8. The SMILES string of the molecule is CC(C)c1ccccc1Oc1ccccc1[C@@H](C)N. The average Bonchev–Trinajstić information content (AvgIpc) is 2.39. The third-order valence-electron chi connectivity index (χ3n) is 3.17. The lowest BCUT2D eigenvalue weighted by atomic mass is 10.0. The van der Waals surface area contributed by atoms with E-state index in [0.717, 1.165) is 17.1 Å². The molecule has 0 aliphatic rings. The molecule has 0 aliphatic heterocycles. The highest BCUT2D eigenvalue weighted by molar-refractivity contribution is 5.43. The van der Waals surface area contributed by atoms with Crippen LogP contribution in [0.15, 0.2) is 48.5 Å². The normalized spacial score (nSPS) is 12.5. The lowest BCUT2D eigenvalue weighted by molar-refractivity contribution is 0.463. The Morgan fingerprint density at radius 3 is 1.79 bits per heavy atom. The van der Waals surface area contributed by atoms with Crippen molar-refractivity contribution >= 4 is 0 Å². The summed E-state index contributed by atoms with van der Waals surface area (Å²) in [5.74, 6) is 2.18. The fourth-order valence-corrected chi connectivity index (χ4v) is 2.12. The van der Waals surface area contributed by atoms with E-state index in [9.17, 15) is 0 Å². The maximum Gasteiger partial charge on any atom is 0.132 e. The van der Waals surface area contributed by atoms with E-state index in [2.05, 4.69) is 19.9 Å². The Morgan fingerprint density at radius 1 is 0.789 bits per heavy atom. The Kier molecular flexibility index (Phi) is 4.23. The summed E-state index contributed by atoms with van der Waals surface area (Å²) < 4.78 is 6.08. The van der Waals surface area contributed by atoms with Gasteiger partial charge in [-0.1, -0.05) is 50.2 Å². The molecule has 0 fully saturated rings. The van der Waals surface area contributed by atoms with Gasteiger partial charge in [0, 0.05) is 11.6 Å². The molecule has 2 N–H and O–H groups in total. The van der Waals surface area contributed by atoms with Crippen molar-refractivity contribution in [3.05, 3.63) is 59.7 Å². The minimum Gasteiger partial charge on any atom is -0.457 e. The van der Waals surface area contributed by atoms with Crippen molar-refractivity contribution in [1.82, 2.24) is 0 Å². The van der Waals surface area contributed by atoms with Gasteiger partial charge in [-0.3, -0.25) is 0 Å². The van der Waals surface area contributed by atoms with Crippen molar-refractivity contribution in [2.75, 3.05) is 0 Å². The minimum absolute atomic E-state index is 0.0394. The first-order valence-electron chi connectivity index (χ1n) is 6.71. The van der Waals surface area contributed by atoms with Crippen LogP contribution in [-0.4, -0.2) is 0 Å². The number of ether oxygens (including phenoxy) is 1. The Morgan fingerprint density at radius 2 is 1.26 bits per heavy atom. The van der Waals surface area contributed by atoms with E-state index in [4.69, 9.17) is 10.5 Å². The molecule has 2 aromatic rings. The van der Waals surface area contributed by atoms with Gasteiger partial charge in [0.2, 0.25) is 0 Å². The molecule has 2 aromatic carbocycles.